The number of esters is 1. The first-order valence-corrected chi connectivity index (χ1v) is 11.7. The topological polar surface area (TPSA) is 119 Å². The van der Waals surface area contributed by atoms with Crippen LogP contribution in [0.5, 0.6) is 0 Å². The molecule has 0 saturated heterocycles. The average molecular weight is 465 g/mol. The SMILES string of the molecule is COC(=O)CSc1nnc(NC(=O)[C@H](C)N(c2cccc(Cl)c2)S(C)(=O)=O)s1. The van der Waals surface area contributed by atoms with Crippen LogP contribution in [0.3, 0.4) is 0 Å². The molecule has 0 aliphatic rings. The van der Waals surface area contributed by atoms with Crippen molar-refractivity contribution in [2.24, 2.45) is 0 Å². The normalized spacial score (nSPS) is 12.3. The van der Waals surface area contributed by atoms with E-state index in [1.165, 1.54) is 20.1 Å². The second-order valence-electron chi connectivity index (χ2n) is 5.44. The number of amides is 1. The number of ether oxygens (including phenoxy) is 1. The van der Waals surface area contributed by atoms with Crippen molar-refractivity contribution in [2.45, 2.75) is 17.3 Å². The highest BCUT2D eigenvalue weighted by Gasteiger charge is 2.30. The molecule has 2 rings (SSSR count). The molecule has 0 spiro atoms. The molecule has 13 heteroatoms. The maximum atomic E-state index is 12.6. The van der Waals surface area contributed by atoms with Crippen LogP contribution in [-0.2, 0) is 24.3 Å². The molecule has 9 nitrogen and oxygen atoms in total. The van der Waals surface area contributed by atoms with Gasteiger partial charge in [-0.3, -0.25) is 19.2 Å². The molecule has 2 aromatic rings. The number of methoxy groups -OCH3 is 1. The Hall–Kier alpha value is -1.89. The summed E-state index contributed by atoms with van der Waals surface area (Å²) >= 11 is 8.12. The van der Waals surface area contributed by atoms with E-state index >= 15 is 0 Å². The maximum absolute atomic E-state index is 12.6. The largest absolute Gasteiger partial charge is 0.468 e. The summed E-state index contributed by atoms with van der Waals surface area (Å²) in [5.74, 6) is -0.942. The van der Waals surface area contributed by atoms with E-state index in [0.29, 0.717) is 9.36 Å². The van der Waals surface area contributed by atoms with Crippen LogP contribution in [0.15, 0.2) is 28.6 Å². The van der Waals surface area contributed by atoms with E-state index in [-0.39, 0.29) is 16.6 Å². The van der Waals surface area contributed by atoms with Gasteiger partial charge in [0.05, 0.1) is 24.8 Å². The number of benzene rings is 1. The quantitative estimate of drug-likeness (QED) is 0.359. The number of anilines is 2. The van der Waals surface area contributed by atoms with Crippen molar-refractivity contribution in [1.29, 1.82) is 0 Å². The zero-order valence-electron chi connectivity index (χ0n) is 15.1. The van der Waals surface area contributed by atoms with Crippen LogP contribution in [-0.4, -0.2) is 55.7 Å². The Morgan fingerprint density at radius 1 is 1.39 bits per heavy atom. The van der Waals surface area contributed by atoms with Crippen LogP contribution in [0.2, 0.25) is 5.02 Å². The third-order valence-electron chi connectivity index (χ3n) is 3.33. The first-order chi connectivity index (χ1) is 13.1. The van der Waals surface area contributed by atoms with Gasteiger partial charge in [-0.05, 0) is 25.1 Å². The van der Waals surface area contributed by atoms with Crippen molar-refractivity contribution in [3.63, 3.8) is 0 Å². The summed E-state index contributed by atoms with van der Waals surface area (Å²) in [6, 6.07) is 5.13. The van der Waals surface area contributed by atoms with Gasteiger partial charge in [-0.2, -0.15) is 0 Å². The molecule has 0 fully saturated rings. The number of carbonyl (C=O) groups excluding carboxylic acids is 2. The number of thioether (sulfide) groups is 1. The number of nitrogens with zero attached hydrogens (tertiary/aromatic N) is 3. The van der Waals surface area contributed by atoms with E-state index in [1.54, 1.807) is 18.2 Å². The summed E-state index contributed by atoms with van der Waals surface area (Å²) in [6.07, 6.45) is 1.00. The van der Waals surface area contributed by atoms with Gasteiger partial charge in [0.25, 0.3) is 0 Å². The minimum atomic E-state index is -3.76. The second-order valence-corrected chi connectivity index (χ2v) is 9.94. The monoisotopic (exact) mass is 464 g/mol. The number of nitrogens with one attached hydrogen (secondary N) is 1. The van der Waals surface area contributed by atoms with Gasteiger partial charge in [0.15, 0.2) is 4.34 Å². The fourth-order valence-corrected chi connectivity index (χ4v) is 5.07. The average Bonchev–Trinajstić information content (AvgIpc) is 3.06. The minimum absolute atomic E-state index is 0.0616. The standard InChI is InChI=1S/C15H17ClN4O5S3/c1-9(20(28(3,23)24)11-6-4-5-10(16)7-11)13(22)17-14-18-19-15(27-14)26-8-12(21)25-2/h4-7,9H,8H2,1-3H3,(H,17,18,22)/t9-/m0/s1. The maximum Gasteiger partial charge on any atom is 0.316 e. The zero-order valence-corrected chi connectivity index (χ0v) is 18.3. The molecule has 1 aromatic carbocycles. The molecule has 152 valence electrons. The Kier molecular flexibility index (Phi) is 7.63. The fraction of sp³-hybridized carbons (Fsp3) is 0.333. The summed E-state index contributed by atoms with van der Waals surface area (Å²) in [5.41, 5.74) is 0.268. The second kappa shape index (κ2) is 9.54. The number of hydrogen-bond acceptors (Lipinski definition) is 9. The van der Waals surface area contributed by atoms with Gasteiger partial charge in [0.1, 0.15) is 6.04 Å². The lowest BCUT2D eigenvalue weighted by molar-refractivity contribution is -0.137. The summed E-state index contributed by atoms with van der Waals surface area (Å²) in [6.45, 7) is 1.45. The summed E-state index contributed by atoms with van der Waals surface area (Å²) < 4.78 is 30.5. The molecule has 28 heavy (non-hydrogen) atoms. The molecule has 1 atom stereocenters. The van der Waals surface area contributed by atoms with Gasteiger partial charge in [0.2, 0.25) is 21.1 Å². The molecular weight excluding hydrogens is 448 g/mol. The molecule has 0 aliphatic heterocycles. The van der Waals surface area contributed by atoms with E-state index in [0.717, 1.165) is 33.7 Å². The molecule has 0 saturated carbocycles. The van der Waals surface area contributed by atoms with Crippen molar-refractivity contribution in [1.82, 2.24) is 10.2 Å². The Labute approximate surface area is 175 Å². The van der Waals surface area contributed by atoms with E-state index in [2.05, 4.69) is 20.3 Å². The predicted octanol–water partition coefficient (Wildman–Crippen LogP) is 2.25. The van der Waals surface area contributed by atoms with Gasteiger partial charge in [-0.25, -0.2) is 8.42 Å². The molecule has 1 aromatic heterocycles. The number of carbonyl (C=O) groups is 2. The highest BCUT2D eigenvalue weighted by atomic mass is 35.5. The van der Waals surface area contributed by atoms with Crippen LogP contribution >= 0.6 is 34.7 Å². The van der Waals surface area contributed by atoms with Crippen LogP contribution in [0, 0.1) is 0 Å². The number of sulfonamides is 1. The molecule has 1 heterocycles. The zero-order chi connectivity index (χ0) is 20.9. The Bertz CT molecular complexity index is 966. The first-order valence-electron chi connectivity index (χ1n) is 7.70. The van der Waals surface area contributed by atoms with Gasteiger partial charge in [-0.1, -0.05) is 40.8 Å². The smallest absolute Gasteiger partial charge is 0.316 e. The number of halogens is 1. The Morgan fingerprint density at radius 3 is 2.71 bits per heavy atom. The van der Waals surface area contributed by atoms with E-state index in [1.807, 2.05) is 0 Å². The van der Waals surface area contributed by atoms with E-state index in [4.69, 9.17) is 11.6 Å². The van der Waals surface area contributed by atoms with Crippen molar-refractivity contribution in [3.8, 4) is 0 Å². The van der Waals surface area contributed by atoms with Crippen LogP contribution in [0.25, 0.3) is 0 Å². The summed E-state index contributed by atoms with van der Waals surface area (Å²) in [5, 5.41) is 10.7. The van der Waals surface area contributed by atoms with Crippen LogP contribution < -0.4 is 9.62 Å². The molecule has 1 N–H and O–H groups in total. The van der Waals surface area contributed by atoms with Crippen molar-refractivity contribution in [2.75, 3.05) is 28.7 Å². The van der Waals surface area contributed by atoms with Gasteiger partial charge in [-0.15, -0.1) is 10.2 Å². The lowest BCUT2D eigenvalue weighted by atomic mass is 10.2. The number of rotatable bonds is 8. The predicted molar refractivity (Wildman–Crippen MR) is 110 cm³/mol. The van der Waals surface area contributed by atoms with Crippen molar-refractivity contribution in [3.05, 3.63) is 29.3 Å². The van der Waals surface area contributed by atoms with Gasteiger partial charge < -0.3 is 4.74 Å². The summed E-state index contributed by atoms with van der Waals surface area (Å²) in [4.78, 5) is 23.7. The van der Waals surface area contributed by atoms with E-state index in [9.17, 15) is 18.0 Å². The van der Waals surface area contributed by atoms with Crippen LogP contribution in [0.1, 0.15) is 6.92 Å². The summed E-state index contributed by atoms with van der Waals surface area (Å²) in [7, 11) is -2.48. The fourth-order valence-electron chi connectivity index (χ4n) is 2.13. The highest BCUT2D eigenvalue weighted by molar-refractivity contribution is 8.01. The van der Waals surface area contributed by atoms with Crippen molar-refractivity contribution >= 4 is 67.4 Å². The highest BCUT2D eigenvalue weighted by Crippen LogP contribution is 2.27. The molecule has 0 aliphatic carbocycles. The minimum Gasteiger partial charge on any atom is -0.468 e. The molecule has 1 amide bonds. The number of aromatic nitrogens is 2. The van der Waals surface area contributed by atoms with E-state index < -0.39 is 27.9 Å². The Balaban J connectivity index is 2.13. The van der Waals surface area contributed by atoms with Crippen LogP contribution in [0.4, 0.5) is 10.8 Å². The molecule has 0 radical (unpaired) electrons. The molecular formula is C15H17ClN4O5S3. The molecule has 0 unspecified atom stereocenters. The van der Waals surface area contributed by atoms with Crippen molar-refractivity contribution < 1.29 is 22.7 Å². The van der Waals surface area contributed by atoms with Gasteiger partial charge >= 0.3 is 5.97 Å². The number of hydrogen-bond donors (Lipinski definition) is 1. The third-order valence-corrected chi connectivity index (χ3v) is 6.75. The third kappa shape index (κ3) is 6.06. The molecule has 0 bridgehead atoms. The lowest BCUT2D eigenvalue weighted by Crippen LogP contribution is -2.45. The van der Waals surface area contributed by atoms with Gasteiger partial charge in [0, 0.05) is 5.02 Å². The first kappa shape index (κ1) is 22.4. The lowest BCUT2D eigenvalue weighted by Gasteiger charge is -2.27. The Morgan fingerprint density at radius 2 is 2.11 bits per heavy atom.